The highest BCUT2D eigenvalue weighted by atomic mass is 35.5. The molecule has 0 saturated carbocycles. The van der Waals surface area contributed by atoms with E-state index in [1.165, 1.54) is 19.1 Å². The molecule has 2 unspecified atom stereocenters. The summed E-state index contributed by atoms with van der Waals surface area (Å²) in [7, 11) is 0.945. The first-order valence-electron chi connectivity index (χ1n) is 8.31. The van der Waals surface area contributed by atoms with Crippen molar-refractivity contribution < 1.29 is 57.3 Å². The minimum Gasteiger partial charge on any atom is -0.475 e. The molecule has 2 atom stereocenters. The number of carbonyl (C=O) groups excluding carboxylic acids is 1. The Morgan fingerprint density at radius 2 is 1.94 bits per heavy atom. The summed E-state index contributed by atoms with van der Waals surface area (Å²) in [5.41, 5.74) is -0.512. The van der Waals surface area contributed by atoms with E-state index in [2.05, 4.69) is 14.5 Å². The van der Waals surface area contributed by atoms with E-state index in [4.69, 9.17) is 26.3 Å². The van der Waals surface area contributed by atoms with Crippen LogP contribution in [-0.2, 0) is 24.0 Å². The van der Waals surface area contributed by atoms with Gasteiger partial charge in [0, 0.05) is 10.6 Å². The number of alkyl halides is 3. The van der Waals surface area contributed by atoms with E-state index < -0.39 is 53.3 Å². The zero-order valence-corrected chi connectivity index (χ0v) is 16.7. The molecule has 0 aliphatic carbocycles. The van der Waals surface area contributed by atoms with Crippen molar-refractivity contribution in [3.05, 3.63) is 43.7 Å². The van der Waals surface area contributed by atoms with E-state index in [-0.39, 0.29) is 16.3 Å². The minimum absolute atomic E-state index is 0.104. The molecule has 2 rings (SSSR count). The Bertz CT molecular complexity index is 907. The minimum atomic E-state index is -4.99. The number of esters is 1. The van der Waals surface area contributed by atoms with Gasteiger partial charge in [0.25, 0.3) is 0 Å². The van der Waals surface area contributed by atoms with Crippen LogP contribution in [0.3, 0.4) is 0 Å². The van der Waals surface area contributed by atoms with Crippen molar-refractivity contribution in [1.29, 1.82) is 0 Å². The van der Waals surface area contributed by atoms with Crippen LogP contribution in [0.4, 0.5) is 13.2 Å². The zero-order chi connectivity index (χ0) is 23.3. The van der Waals surface area contributed by atoms with Crippen molar-refractivity contribution in [3.8, 4) is 5.75 Å². The molecule has 11 nitrogen and oxygen atoms in total. The van der Waals surface area contributed by atoms with Crippen LogP contribution in [-0.4, -0.2) is 60.1 Å². The van der Waals surface area contributed by atoms with E-state index >= 15 is 0 Å². The quantitative estimate of drug-likeness (QED) is 0.426. The molecule has 0 aromatic heterocycles. The third-order valence-corrected chi connectivity index (χ3v) is 4.01. The number of nitrogens with zero attached hydrogens (tertiary/aromatic N) is 2. The summed E-state index contributed by atoms with van der Waals surface area (Å²) in [6.07, 6.45) is -8.35. The monoisotopic (exact) mass is 472 g/mol. The maximum Gasteiger partial charge on any atom is 0.477 e. The van der Waals surface area contributed by atoms with Crippen LogP contribution in [0.15, 0.2) is 17.7 Å². The van der Waals surface area contributed by atoms with E-state index in [0.717, 1.165) is 13.2 Å². The number of aryl methyl sites for hydroxylation is 1. The van der Waals surface area contributed by atoms with Gasteiger partial charge in [-0.3, -0.25) is 0 Å². The third-order valence-electron chi connectivity index (χ3n) is 3.79. The third kappa shape index (κ3) is 6.34. The number of hydrogen-bond donors (Lipinski definition) is 1. The fraction of sp³-hybridized carbons (Fsp3) is 0.438. The average molecular weight is 473 g/mol. The van der Waals surface area contributed by atoms with Crippen molar-refractivity contribution in [2.24, 2.45) is 0 Å². The maximum atomic E-state index is 13.6. The van der Waals surface area contributed by atoms with Gasteiger partial charge in [-0.2, -0.15) is 27.7 Å². The summed E-state index contributed by atoms with van der Waals surface area (Å²) >= 11 is 5.92. The Hall–Kier alpha value is -3.29. The summed E-state index contributed by atoms with van der Waals surface area (Å²) < 4.78 is 50.5. The molecule has 1 aromatic rings. The summed E-state index contributed by atoms with van der Waals surface area (Å²) in [5.74, 6) is -1.62. The maximum absolute atomic E-state index is 13.6. The van der Waals surface area contributed by atoms with Gasteiger partial charge >= 0.3 is 22.3 Å². The van der Waals surface area contributed by atoms with Gasteiger partial charge < -0.3 is 9.47 Å². The van der Waals surface area contributed by atoms with Crippen molar-refractivity contribution in [2.75, 3.05) is 20.3 Å². The number of ether oxygens (including phenoxy) is 2. The number of carbonyl (C=O) groups is 1. The first-order chi connectivity index (χ1) is 14.4. The Morgan fingerprint density at radius 3 is 2.52 bits per heavy atom. The van der Waals surface area contributed by atoms with Gasteiger partial charge in [-0.15, -0.1) is 0 Å². The van der Waals surface area contributed by atoms with Crippen LogP contribution in [0.5, 0.6) is 5.75 Å². The molecular formula is C16H16ClF3N2O9+2. The topological polar surface area (TPSA) is 124 Å². The molecule has 1 N–H and O–H groups in total. The lowest BCUT2D eigenvalue weighted by Crippen LogP contribution is -2.42. The van der Waals surface area contributed by atoms with Crippen LogP contribution < -0.4 is 4.74 Å². The zero-order valence-electron chi connectivity index (χ0n) is 15.9. The average Bonchev–Trinajstić information content (AvgIpc) is 2.67. The van der Waals surface area contributed by atoms with Crippen molar-refractivity contribution in [2.45, 2.75) is 25.3 Å². The lowest BCUT2D eigenvalue weighted by atomic mass is 9.99. The molecule has 0 bridgehead atoms. The Labute approximate surface area is 176 Å². The Morgan fingerprint density at radius 1 is 1.29 bits per heavy atom. The molecule has 0 amide bonds. The largest absolute Gasteiger partial charge is 0.477 e. The number of rotatable bonds is 9. The molecule has 1 aliphatic heterocycles. The number of halogens is 4. The molecular weight excluding hydrogens is 457 g/mol. The molecule has 31 heavy (non-hydrogen) atoms. The van der Waals surface area contributed by atoms with E-state index in [9.17, 15) is 27.8 Å². The van der Waals surface area contributed by atoms with Crippen LogP contribution in [0.2, 0.25) is 5.02 Å². The van der Waals surface area contributed by atoms with E-state index in [1.807, 2.05) is 0 Å². The van der Waals surface area contributed by atoms with E-state index in [1.54, 1.807) is 0 Å². The highest BCUT2D eigenvalue weighted by Gasteiger charge is 2.49. The van der Waals surface area contributed by atoms with E-state index in [0.29, 0.717) is 5.56 Å². The Balaban J connectivity index is 2.33. The molecule has 0 saturated heterocycles. The van der Waals surface area contributed by atoms with Gasteiger partial charge in [0.05, 0.1) is 5.57 Å². The van der Waals surface area contributed by atoms with Gasteiger partial charge in [0.2, 0.25) is 19.3 Å². The smallest absolute Gasteiger partial charge is 0.475 e. The van der Waals surface area contributed by atoms with Gasteiger partial charge in [-0.25, -0.2) is 10.0 Å². The lowest BCUT2D eigenvalue weighted by Gasteiger charge is -2.29. The summed E-state index contributed by atoms with van der Waals surface area (Å²) in [6.45, 7) is -0.174. The summed E-state index contributed by atoms with van der Waals surface area (Å²) in [4.78, 5) is 46.8. The second-order valence-electron chi connectivity index (χ2n) is 6.04. The van der Waals surface area contributed by atoms with Crippen LogP contribution >= 0.6 is 11.6 Å². The molecule has 15 heteroatoms. The molecule has 1 aromatic carbocycles. The molecule has 1 aliphatic rings. The van der Waals surface area contributed by atoms with Gasteiger partial charge in [-0.1, -0.05) is 11.6 Å². The molecule has 1 heterocycles. The molecule has 0 radical (unpaired) electrons. The van der Waals surface area contributed by atoms with Crippen LogP contribution in [0.1, 0.15) is 11.1 Å². The predicted molar refractivity (Wildman–Crippen MR) is 92.5 cm³/mol. The SMILES string of the molecule is CO[N+](=O)OCC(CO[N+](=O)O)OC(=O)C1=Cc2cc(Cl)cc(C)c2OC1C(F)(F)F. The lowest BCUT2D eigenvalue weighted by molar-refractivity contribution is -0.982. The van der Waals surface area contributed by atoms with Gasteiger partial charge in [0.1, 0.15) is 15.6 Å². The second-order valence-corrected chi connectivity index (χ2v) is 6.48. The number of benzene rings is 1. The summed E-state index contributed by atoms with van der Waals surface area (Å²) in [6, 6.07) is 2.69. The van der Waals surface area contributed by atoms with Crippen LogP contribution in [0.25, 0.3) is 6.08 Å². The standard InChI is InChI=1S/C16H16ClF3N2O9/c1-8-3-10(17)4-9-5-12(14(16(18,19)20)31-13(8)9)15(23)30-11(6-28-21(24)25)7-29-22(26)27-2/h3-5,11,14H,6-7H2,1-2H3,(H,24,25)/q+2. The fourth-order valence-electron chi connectivity index (χ4n) is 2.54. The summed E-state index contributed by atoms with van der Waals surface area (Å²) in [5, 5.41) is 7.33. The van der Waals surface area contributed by atoms with Crippen LogP contribution in [0, 0.1) is 16.7 Å². The molecule has 170 valence electrons. The first kappa shape index (κ1) is 24.0. The van der Waals surface area contributed by atoms with Crippen molar-refractivity contribution in [1.82, 2.24) is 0 Å². The highest BCUT2D eigenvalue weighted by Crippen LogP contribution is 2.40. The number of hydrogen-bond acceptors (Lipinski definition) is 8. The van der Waals surface area contributed by atoms with Gasteiger partial charge in [-0.05, 0) is 30.7 Å². The normalized spacial score (nSPS) is 16.2. The first-order valence-corrected chi connectivity index (χ1v) is 8.69. The molecule has 0 fully saturated rings. The second kappa shape index (κ2) is 9.68. The van der Waals surface area contributed by atoms with Gasteiger partial charge in [0.15, 0.2) is 13.2 Å². The fourth-order valence-corrected chi connectivity index (χ4v) is 2.82. The predicted octanol–water partition coefficient (Wildman–Crippen LogP) is 2.64. The number of fused-ring (bicyclic) bond motifs is 1. The van der Waals surface area contributed by atoms with Crippen molar-refractivity contribution >= 4 is 23.6 Å². The highest BCUT2D eigenvalue weighted by molar-refractivity contribution is 6.30. The molecule has 0 spiro atoms. The van der Waals surface area contributed by atoms with Crippen molar-refractivity contribution in [3.63, 3.8) is 0 Å². The Kier molecular flexibility index (Phi) is 7.49.